The Morgan fingerprint density at radius 1 is 1.06 bits per heavy atom. The van der Waals surface area contributed by atoms with Crippen molar-refractivity contribution in [1.29, 1.82) is 0 Å². The van der Waals surface area contributed by atoms with Crippen LogP contribution in [0.5, 0.6) is 0 Å². The monoisotopic (exact) mass is 276 g/mol. The number of alkyl halides is 5. The Morgan fingerprint density at radius 2 is 1.78 bits per heavy atom. The van der Waals surface area contributed by atoms with E-state index >= 15 is 0 Å². The SMILES string of the molecule is FC(F)(F)C(F)(F)CCCCCOC1CCCO1. The molecule has 1 unspecified atom stereocenters. The third-order valence-corrected chi connectivity index (χ3v) is 2.74. The van der Waals surface area contributed by atoms with Crippen LogP contribution in [0, 0.1) is 0 Å². The second-order valence-corrected chi connectivity index (χ2v) is 4.33. The summed E-state index contributed by atoms with van der Waals surface area (Å²) in [5, 5.41) is 0. The van der Waals surface area contributed by atoms with Gasteiger partial charge in [0.15, 0.2) is 6.29 Å². The van der Waals surface area contributed by atoms with E-state index in [0.29, 0.717) is 26.1 Å². The molecule has 1 rings (SSSR count). The van der Waals surface area contributed by atoms with Crippen molar-refractivity contribution in [3.63, 3.8) is 0 Å². The molecule has 7 heteroatoms. The van der Waals surface area contributed by atoms with Gasteiger partial charge in [0.25, 0.3) is 0 Å². The fourth-order valence-corrected chi connectivity index (χ4v) is 1.66. The molecule has 0 saturated carbocycles. The third kappa shape index (κ3) is 5.06. The summed E-state index contributed by atoms with van der Waals surface area (Å²) in [4.78, 5) is 0. The Labute approximate surface area is 102 Å². The van der Waals surface area contributed by atoms with Gasteiger partial charge in [-0.1, -0.05) is 6.42 Å². The predicted octanol–water partition coefficient (Wildman–Crippen LogP) is 3.90. The van der Waals surface area contributed by atoms with Crippen molar-refractivity contribution in [3.8, 4) is 0 Å². The number of hydrogen-bond acceptors (Lipinski definition) is 2. The topological polar surface area (TPSA) is 18.5 Å². The van der Waals surface area contributed by atoms with Crippen LogP contribution in [0.3, 0.4) is 0 Å². The molecular formula is C11H17F5O2. The van der Waals surface area contributed by atoms with Crippen molar-refractivity contribution in [3.05, 3.63) is 0 Å². The zero-order chi connectivity index (χ0) is 13.6. The van der Waals surface area contributed by atoms with E-state index in [4.69, 9.17) is 9.47 Å². The summed E-state index contributed by atoms with van der Waals surface area (Å²) in [5.74, 6) is -4.58. The van der Waals surface area contributed by atoms with E-state index in [2.05, 4.69) is 0 Å². The molecule has 1 atom stereocenters. The molecule has 0 spiro atoms. The smallest absolute Gasteiger partial charge is 0.353 e. The number of hydrogen-bond donors (Lipinski definition) is 0. The van der Waals surface area contributed by atoms with Crippen LogP contribution in [-0.4, -0.2) is 31.6 Å². The lowest BCUT2D eigenvalue weighted by atomic mass is 10.1. The Hall–Kier alpha value is -0.430. The first-order valence-electron chi connectivity index (χ1n) is 6.01. The highest BCUT2D eigenvalue weighted by molar-refractivity contribution is 4.75. The highest BCUT2D eigenvalue weighted by Crippen LogP contribution is 2.39. The first-order chi connectivity index (χ1) is 8.33. The Kier molecular flexibility index (Phi) is 5.78. The van der Waals surface area contributed by atoms with Crippen molar-refractivity contribution in [2.75, 3.05) is 13.2 Å². The molecule has 0 bridgehead atoms. The summed E-state index contributed by atoms with van der Waals surface area (Å²) in [7, 11) is 0. The van der Waals surface area contributed by atoms with Crippen LogP contribution in [0.2, 0.25) is 0 Å². The minimum atomic E-state index is -5.44. The van der Waals surface area contributed by atoms with Crippen molar-refractivity contribution in [1.82, 2.24) is 0 Å². The fraction of sp³-hybridized carbons (Fsp3) is 1.00. The van der Waals surface area contributed by atoms with Crippen LogP contribution in [0.25, 0.3) is 0 Å². The second-order valence-electron chi connectivity index (χ2n) is 4.33. The van der Waals surface area contributed by atoms with E-state index in [-0.39, 0.29) is 12.7 Å². The first kappa shape index (κ1) is 15.6. The molecule has 0 aromatic rings. The molecule has 18 heavy (non-hydrogen) atoms. The van der Waals surface area contributed by atoms with Gasteiger partial charge in [-0.2, -0.15) is 22.0 Å². The van der Waals surface area contributed by atoms with E-state index in [1.807, 2.05) is 0 Å². The van der Waals surface area contributed by atoms with E-state index in [0.717, 1.165) is 12.8 Å². The molecule has 1 aliphatic rings. The highest BCUT2D eigenvalue weighted by Gasteiger charge is 2.56. The maximum absolute atomic E-state index is 12.5. The quantitative estimate of drug-likeness (QED) is 0.518. The van der Waals surface area contributed by atoms with Crippen LogP contribution in [0.1, 0.15) is 38.5 Å². The predicted molar refractivity (Wildman–Crippen MR) is 54.4 cm³/mol. The normalized spacial score (nSPS) is 21.5. The minimum absolute atomic E-state index is 0.165. The van der Waals surface area contributed by atoms with Gasteiger partial charge in [-0.05, 0) is 19.3 Å². The van der Waals surface area contributed by atoms with Gasteiger partial charge in [0.05, 0.1) is 0 Å². The highest BCUT2D eigenvalue weighted by atomic mass is 19.4. The average molecular weight is 276 g/mol. The van der Waals surface area contributed by atoms with Crippen LogP contribution in [0.15, 0.2) is 0 Å². The van der Waals surface area contributed by atoms with Gasteiger partial charge in [0.1, 0.15) is 0 Å². The van der Waals surface area contributed by atoms with Gasteiger partial charge >= 0.3 is 12.1 Å². The molecule has 0 radical (unpaired) electrons. The number of halogens is 5. The first-order valence-corrected chi connectivity index (χ1v) is 6.01. The summed E-state index contributed by atoms with van der Waals surface area (Å²) >= 11 is 0. The summed E-state index contributed by atoms with van der Waals surface area (Å²) in [6.45, 7) is 0.991. The van der Waals surface area contributed by atoms with E-state index in [1.54, 1.807) is 0 Å². The maximum Gasteiger partial charge on any atom is 0.453 e. The largest absolute Gasteiger partial charge is 0.453 e. The van der Waals surface area contributed by atoms with Crippen LogP contribution in [-0.2, 0) is 9.47 Å². The molecule has 1 saturated heterocycles. The van der Waals surface area contributed by atoms with Crippen molar-refractivity contribution in [2.24, 2.45) is 0 Å². The molecular weight excluding hydrogens is 259 g/mol. The minimum Gasteiger partial charge on any atom is -0.353 e. The number of rotatable bonds is 7. The zero-order valence-corrected chi connectivity index (χ0v) is 9.94. The van der Waals surface area contributed by atoms with Crippen molar-refractivity contribution < 1.29 is 31.4 Å². The Morgan fingerprint density at radius 3 is 2.33 bits per heavy atom. The van der Waals surface area contributed by atoms with E-state index < -0.39 is 18.5 Å². The van der Waals surface area contributed by atoms with E-state index in [1.165, 1.54) is 0 Å². The second kappa shape index (κ2) is 6.65. The van der Waals surface area contributed by atoms with Gasteiger partial charge in [-0.3, -0.25) is 0 Å². The average Bonchev–Trinajstić information content (AvgIpc) is 2.74. The van der Waals surface area contributed by atoms with Crippen LogP contribution >= 0.6 is 0 Å². The lowest BCUT2D eigenvalue weighted by molar-refractivity contribution is -0.284. The molecule has 2 nitrogen and oxygen atoms in total. The van der Waals surface area contributed by atoms with E-state index in [9.17, 15) is 22.0 Å². The zero-order valence-electron chi connectivity index (χ0n) is 9.94. The molecule has 1 aliphatic heterocycles. The molecule has 108 valence electrons. The molecule has 1 heterocycles. The van der Waals surface area contributed by atoms with Gasteiger partial charge in [0, 0.05) is 26.1 Å². The van der Waals surface area contributed by atoms with Crippen molar-refractivity contribution >= 4 is 0 Å². The third-order valence-electron chi connectivity index (χ3n) is 2.74. The van der Waals surface area contributed by atoms with Crippen molar-refractivity contribution in [2.45, 2.75) is 56.9 Å². The van der Waals surface area contributed by atoms with Gasteiger partial charge in [-0.25, -0.2) is 0 Å². The molecule has 0 aromatic heterocycles. The Bertz CT molecular complexity index is 236. The lowest BCUT2D eigenvalue weighted by Gasteiger charge is -2.19. The molecule has 1 fully saturated rings. The maximum atomic E-state index is 12.5. The number of ether oxygens (including phenoxy) is 2. The molecule has 0 amide bonds. The molecule has 0 aliphatic carbocycles. The van der Waals surface area contributed by atoms with Gasteiger partial charge in [0.2, 0.25) is 0 Å². The summed E-state index contributed by atoms with van der Waals surface area (Å²) < 4.78 is 70.9. The van der Waals surface area contributed by atoms with Gasteiger partial charge < -0.3 is 9.47 Å². The van der Waals surface area contributed by atoms with Crippen LogP contribution in [0.4, 0.5) is 22.0 Å². The van der Waals surface area contributed by atoms with Crippen LogP contribution < -0.4 is 0 Å². The van der Waals surface area contributed by atoms with Gasteiger partial charge in [-0.15, -0.1) is 0 Å². The summed E-state index contributed by atoms with van der Waals surface area (Å²) in [6, 6.07) is 0. The molecule has 0 aromatic carbocycles. The number of unbranched alkanes of at least 4 members (excludes halogenated alkanes) is 2. The fourth-order valence-electron chi connectivity index (χ4n) is 1.66. The summed E-state index contributed by atoms with van der Waals surface area (Å²) in [6.07, 6.45) is -4.50. The molecule has 0 N–H and O–H groups in total. The standard InChI is InChI=1S/C11H17F5O2/c12-10(13,11(14,15)16)6-2-1-3-7-17-9-5-4-8-18-9/h9H,1-8H2. The summed E-state index contributed by atoms with van der Waals surface area (Å²) in [5.41, 5.74) is 0. The Balaban J connectivity index is 2.01. The lowest BCUT2D eigenvalue weighted by Crippen LogP contribution is -2.36.